The van der Waals surface area contributed by atoms with Gasteiger partial charge in [0.25, 0.3) is 0 Å². The largest absolute Gasteiger partial charge is 0.490 e. The summed E-state index contributed by atoms with van der Waals surface area (Å²) in [6.45, 7) is 5.61. The number of carbonyl (C=O) groups is 1. The lowest BCUT2D eigenvalue weighted by Gasteiger charge is -2.17. The molecular weight excluding hydrogens is 586 g/mol. The molecule has 1 atom stereocenters. The summed E-state index contributed by atoms with van der Waals surface area (Å²) in [5.74, 6) is -1.90. The number of halogens is 2. The minimum absolute atomic E-state index is 0.0160. The smallest absolute Gasteiger partial charge is 0.243 e. The Morgan fingerprint density at radius 1 is 1.16 bits per heavy atom. The molecule has 0 saturated heterocycles. The van der Waals surface area contributed by atoms with E-state index in [0.29, 0.717) is 33.0 Å². The number of pyridine rings is 1. The number of carbonyl (C=O) groups excluding carboxylic acids is 1. The fourth-order valence-corrected chi connectivity index (χ4v) is 6.07. The van der Waals surface area contributed by atoms with E-state index in [-0.39, 0.29) is 30.4 Å². The molecule has 2 N–H and O–H groups in total. The molecule has 0 bridgehead atoms. The number of hydrogen-bond acceptors (Lipinski definition) is 7. The van der Waals surface area contributed by atoms with Crippen molar-refractivity contribution < 1.29 is 23.0 Å². The van der Waals surface area contributed by atoms with E-state index < -0.39 is 17.7 Å². The van der Waals surface area contributed by atoms with Crippen LogP contribution in [-0.2, 0) is 16.6 Å². The third-order valence-corrected chi connectivity index (χ3v) is 8.10. The summed E-state index contributed by atoms with van der Waals surface area (Å²) >= 11 is 1.40. The van der Waals surface area contributed by atoms with Crippen molar-refractivity contribution in [2.24, 2.45) is 7.05 Å². The minimum Gasteiger partial charge on any atom is -0.490 e. The zero-order valence-corrected chi connectivity index (χ0v) is 25.0. The maximum Gasteiger partial charge on any atom is 0.243 e. The van der Waals surface area contributed by atoms with Crippen molar-refractivity contribution in [3.63, 3.8) is 0 Å². The Kier molecular flexibility index (Phi) is 7.93. The van der Waals surface area contributed by atoms with Gasteiger partial charge in [0.1, 0.15) is 35.4 Å². The molecule has 44 heavy (non-hydrogen) atoms. The second-order valence-electron chi connectivity index (χ2n) is 10.2. The Labute approximate surface area is 255 Å². The van der Waals surface area contributed by atoms with Gasteiger partial charge in [-0.15, -0.1) is 11.3 Å². The molecule has 0 aliphatic rings. The Morgan fingerprint density at radius 2 is 2.00 bits per heavy atom. The lowest BCUT2D eigenvalue weighted by atomic mass is 9.96. The number of aromatic nitrogens is 5. The van der Waals surface area contributed by atoms with Crippen LogP contribution in [0.15, 0.2) is 66.7 Å². The molecule has 0 unspecified atom stereocenters. The van der Waals surface area contributed by atoms with Crippen molar-refractivity contribution in [2.45, 2.75) is 13.0 Å². The second-order valence-corrected chi connectivity index (χ2v) is 11.1. The standard InChI is InChI=1S/C32H28F2N6O3S/c1-5-27(41)35-17(2)23-15-25(38-37-23)31-29(28-22(34)13-20(33)14-26(28)43-10-9-42-4)32-21(8-11-44-32)30(36-31)18-6-7-19-16-40(3)39-24(19)12-18/h5-8,11-17H,1,9-10H2,2-4H3,(H,35,41)(H,37,38)/t17-/m0/s1. The van der Waals surface area contributed by atoms with Crippen molar-refractivity contribution in [1.29, 1.82) is 0 Å². The Morgan fingerprint density at radius 3 is 2.80 bits per heavy atom. The van der Waals surface area contributed by atoms with Crippen LogP contribution < -0.4 is 10.1 Å². The van der Waals surface area contributed by atoms with Gasteiger partial charge in [0.2, 0.25) is 5.91 Å². The van der Waals surface area contributed by atoms with Crippen LogP contribution in [0.2, 0.25) is 0 Å². The van der Waals surface area contributed by atoms with Crippen LogP contribution in [0.5, 0.6) is 5.75 Å². The number of fused-ring (bicyclic) bond motifs is 2. The van der Waals surface area contributed by atoms with Crippen LogP contribution in [0.4, 0.5) is 8.78 Å². The van der Waals surface area contributed by atoms with Gasteiger partial charge in [-0.05, 0) is 36.6 Å². The van der Waals surface area contributed by atoms with Crippen molar-refractivity contribution in [2.75, 3.05) is 20.3 Å². The molecular formula is C32H28F2N6O3S. The number of nitrogens with one attached hydrogen (secondary N) is 2. The first-order valence-corrected chi connectivity index (χ1v) is 14.6. The number of ether oxygens (including phenoxy) is 2. The number of aromatic amines is 1. The Balaban J connectivity index is 1.61. The van der Waals surface area contributed by atoms with Gasteiger partial charge < -0.3 is 14.8 Å². The molecule has 1 amide bonds. The lowest BCUT2D eigenvalue weighted by molar-refractivity contribution is -0.117. The molecule has 0 spiro atoms. The van der Waals surface area contributed by atoms with E-state index >= 15 is 4.39 Å². The zero-order chi connectivity index (χ0) is 31.0. The number of H-pyrrole nitrogens is 1. The fraction of sp³-hybridized carbons (Fsp3) is 0.188. The first-order valence-electron chi connectivity index (χ1n) is 13.7. The molecule has 0 aliphatic carbocycles. The molecule has 0 fully saturated rings. The van der Waals surface area contributed by atoms with Crippen LogP contribution in [0.3, 0.4) is 0 Å². The summed E-state index contributed by atoms with van der Waals surface area (Å²) in [5, 5.41) is 18.5. The second kappa shape index (κ2) is 12.0. The predicted octanol–water partition coefficient (Wildman–Crippen LogP) is 6.57. The van der Waals surface area contributed by atoms with Gasteiger partial charge >= 0.3 is 0 Å². The Hall–Kier alpha value is -4.94. The summed E-state index contributed by atoms with van der Waals surface area (Å²) in [5.41, 5.74) is 4.07. The van der Waals surface area contributed by atoms with Crippen LogP contribution in [0, 0.1) is 11.6 Å². The number of thiophene rings is 1. The predicted molar refractivity (Wildman–Crippen MR) is 166 cm³/mol. The van der Waals surface area contributed by atoms with E-state index in [0.717, 1.165) is 34.0 Å². The highest BCUT2D eigenvalue weighted by Gasteiger charge is 2.27. The monoisotopic (exact) mass is 614 g/mol. The molecule has 12 heteroatoms. The van der Waals surface area contributed by atoms with Crippen LogP contribution >= 0.6 is 11.3 Å². The number of hydrogen-bond donors (Lipinski definition) is 2. The minimum atomic E-state index is -0.805. The zero-order valence-electron chi connectivity index (χ0n) is 24.1. The summed E-state index contributed by atoms with van der Waals surface area (Å²) < 4.78 is 43.8. The topological polar surface area (TPSA) is 107 Å². The molecule has 9 nitrogen and oxygen atoms in total. The number of rotatable bonds is 10. The van der Waals surface area contributed by atoms with Gasteiger partial charge in [0, 0.05) is 59.1 Å². The molecule has 4 aromatic heterocycles. The number of nitrogens with zero attached hydrogens (tertiary/aromatic N) is 4. The van der Waals surface area contributed by atoms with Crippen LogP contribution in [0.25, 0.3) is 54.8 Å². The van der Waals surface area contributed by atoms with Gasteiger partial charge in [0.05, 0.1) is 35.1 Å². The maximum atomic E-state index is 15.9. The van der Waals surface area contributed by atoms with Gasteiger partial charge in [-0.25, -0.2) is 13.8 Å². The molecule has 0 aliphatic heterocycles. The molecule has 2 aromatic carbocycles. The van der Waals surface area contributed by atoms with Gasteiger partial charge in [-0.2, -0.15) is 10.2 Å². The number of amides is 1. The summed E-state index contributed by atoms with van der Waals surface area (Å²) in [7, 11) is 3.38. The molecule has 6 aromatic rings. The third kappa shape index (κ3) is 5.45. The van der Waals surface area contributed by atoms with Crippen molar-refractivity contribution >= 4 is 38.2 Å². The SMILES string of the molecule is C=CC(=O)N[C@@H](C)c1cc(-c2nc(-c3ccc4cn(C)nc4c3)c3ccsc3c2-c2c(F)cc(F)cc2OCCOC)n[nH]1. The van der Waals surface area contributed by atoms with Crippen molar-refractivity contribution in [3.05, 3.63) is 84.0 Å². The van der Waals surface area contributed by atoms with E-state index in [1.165, 1.54) is 24.5 Å². The number of aryl methyl sites for hydroxylation is 1. The maximum absolute atomic E-state index is 15.9. The number of benzene rings is 2. The highest BCUT2D eigenvalue weighted by atomic mass is 32.1. The van der Waals surface area contributed by atoms with E-state index in [2.05, 4.69) is 27.2 Å². The average Bonchev–Trinajstić information content (AvgIpc) is 3.75. The molecule has 4 heterocycles. The third-order valence-electron chi connectivity index (χ3n) is 7.17. The normalized spacial score (nSPS) is 12.1. The highest BCUT2D eigenvalue weighted by molar-refractivity contribution is 7.18. The summed E-state index contributed by atoms with van der Waals surface area (Å²) in [4.78, 5) is 17.1. The quantitative estimate of drug-likeness (QED) is 0.134. The van der Waals surface area contributed by atoms with Gasteiger partial charge in [-0.1, -0.05) is 18.7 Å². The summed E-state index contributed by atoms with van der Waals surface area (Å²) in [6, 6.07) is 11.1. The van der Waals surface area contributed by atoms with E-state index in [1.54, 1.807) is 17.7 Å². The first-order chi connectivity index (χ1) is 21.3. The molecule has 6 rings (SSSR count). The van der Waals surface area contributed by atoms with Crippen molar-refractivity contribution in [1.82, 2.24) is 30.3 Å². The van der Waals surface area contributed by atoms with Crippen molar-refractivity contribution in [3.8, 4) is 39.5 Å². The van der Waals surface area contributed by atoms with Crippen LogP contribution in [-0.4, -0.2) is 51.2 Å². The van der Waals surface area contributed by atoms with E-state index in [1.807, 2.05) is 42.9 Å². The lowest BCUT2D eigenvalue weighted by Crippen LogP contribution is -2.24. The number of methoxy groups -OCH3 is 1. The van der Waals surface area contributed by atoms with Crippen LogP contribution in [0.1, 0.15) is 18.7 Å². The molecule has 0 saturated carbocycles. The average molecular weight is 615 g/mol. The van der Waals surface area contributed by atoms with E-state index in [9.17, 15) is 9.18 Å². The van der Waals surface area contributed by atoms with Gasteiger partial charge in [0.15, 0.2) is 0 Å². The Bertz CT molecular complexity index is 2030. The van der Waals surface area contributed by atoms with E-state index in [4.69, 9.17) is 14.5 Å². The highest BCUT2D eigenvalue weighted by Crippen LogP contribution is 2.47. The molecule has 0 radical (unpaired) electrons. The fourth-order valence-electron chi connectivity index (χ4n) is 5.12. The molecule has 224 valence electrons. The first kappa shape index (κ1) is 29.1. The van der Waals surface area contributed by atoms with Gasteiger partial charge in [-0.3, -0.25) is 14.6 Å². The summed E-state index contributed by atoms with van der Waals surface area (Å²) in [6.07, 6.45) is 3.12.